The summed E-state index contributed by atoms with van der Waals surface area (Å²) < 4.78 is 2.40. The fourth-order valence-corrected chi connectivity index (χ4v) is 7.21. The molecule has 0 N–H and O–H groups in total. The number of fused-ring (bicyclic) bond motifs is 6. The summed E-state index contributed by atoms with van der Waals surface area (Å²) in [5, 5.41) is 9.90. The zero-order valence-electron chi connectivity index (χ0n) is 25.1. The van der Waals surface area contributed by atoms with Crippen molar-refractivity contribution in [2.75, 3.05) is 0 Å². The molecule has 4 aromatic heterocycles. The van der Waals surface area contributed by atoms with Crippen molar-refractivity contribution in [3.8, 4) is 22.5 Å². The quantitative estimate of drug-likeness (QED) is 0.158. The van der Waals surface area contributed by atoms with Crippen molar-refractivity contribution in [2.45, 2.75) is 27.2 Å². The average molecular weight is 566 g/mol. The predicted octanol–water partition coefficient (Wildman–Crippen LogP) is 10.9. The summed E-state index contributed by atoms with van der Waals surface area (Å²) in [5.74, 6) is 0. The van der Waals surface area contributed by atoms with Crippen molar-refractivity contribution >= 4 is 59.8 Å². The molecule has 0 radical (unpaired) electrons. The van der Waals surface area contributed by atoms with Gasteiger partial charge in [0.2, 0.25) is 0 Å². The second kappa shape index (κ2) is 9.11. The van der Waals surface area contributed by atoms with E-state index in [9.17, 15) is 0 Å². The Morgan fingerprint density at radius 1 is 0.591 bits per heavy atom. The first-order chi connectivity index (χ1) is 21.4. The van der Waals surface area contributed by atoms with Crippen LogP contribution in [0.1, 0.15) is 26.3 Å². The van der Waals surface area contributed by atoms with Gasteiger partial charge in [0.15, 0.2) is 0 Å². The molecule has 5 aromatic carbocycles. The smallest absolute Gasteiger partial charge is 0.146 e. The van der Waals surface area contributed by atoms with Gasteiger partial charge in [-0.1, -0.05) is 112 Å². The van der Waals surface area contributed by atoms with E-state index in [0.717, 1.165) is 40.0 Å². The molecule has 3 nitrogen and oxygen atoms in total. The van der Waals surface area contributed by atoms with Crippen molar-refractivity contribution in [2.24, 2.45) is 5.41 Å². The summed E-state index contributed by atoms with van der Waals surface area (Å²) in [7, 11) is 0. The molecule has 210 valence electrons. The van der Waals surface area contributed by atoms with Crippen molar-refractivity contribution in [3.05, 3.63) is 127 Å². The van der Waals surface area contributed by atoms with Gasteiger partial charge in [0, 0.05) is 44.3 Å². The van der Waals surface area contributed by atoms with E-state index in [1.807, 2.05) is 6.20 Å². The normalized spacial score (nSPS) is 12.5. The zero-order valence-corrected chi connectivity index (χ0v) is 25.1. The molecule has 0 aliphatic carbocycles. The Balaban J connectivity index is 1.36. The van der Waals surface area contributed by atoms with Crippen molar-refractivity contribution in [3.63, 3.8) is 0 Å². The first-order valence-corrected chi connectivity index (χ1v) is 15.4. The summed E-state index contributed by atoms with van der Waals surface area (Å²) in [6.07, 6.45) is 2.97. The molecular formula is C41H31N3. The predicted molar refractivity (Wildman–Crippen MR) is 186 cm³/mol. The number of rotatable bonds is 3. The van der Waals surface area contributed by atoms with E-state index >= 15 is 0 Å². The van der Waals surface area contributed by atoms with Gasteiger partial charge in [-0.05, 0) is 57.8 Å². The second-order valence-electron chi connectivity index (χ2n) is 13.4. The minimum atomic E-state index is 0.176. The Labute approximate surface area is 255 Å². The van der Waals surface area contributed by atoms with Gasteiger partial charge >= 0.3 is 0 Å². The molecule has 0 atom stereocenters. The Morgan fingerprint density at radius 2 is 1.27 bits per heavy atom. The zero-order chi connectivity index (χ0) is 29.6. The van der Waals surface area contributed by atoms with Crippen LogP contribution in [-0.4, -0.2) is 14.4 Å². The summed E-state index contributed by atoms with van der Waals surface area (Å²) in [5.41, 5.74) is 9.10. The molecule has 0 fully saturated rings. The van der Waals surface area contributed by atoms with Gasteiger partial charge in [0.25, 0.3) is 0 Å². The Kier molecular flexibility index (Phi) is 5.23. The number of hydrogen-bond acceptors (Lipinski definition) is 2. The molecule has 44 heavy (non-hydrogen) atoms. The lowest BCUT2D eigenvalue weighted by Gasteiger charge is -2.20. The number of para-hydroxylation sites is 2. The lowest BCUT2D eigenvalue weighted by molar-refractivity contribution is 0.411. The summed E-state index contributed by atoms with van der Waals surface area (Å²) in [6, 6.07) is 41.8. The standard InChI is InChI=1S/C41H31N3/c1-41(2,3)23-25-18-30-22-36(28-13-8-12-27(20-28)35-21-26-10-4-5-11-29(26)24-42-35)43-40-38(30)34(19-25)33-16-9-15-32-31-14-6-7-17-37(31)44(40)39(32)33/h4-22,24H,23H2,1-3H3. The van der Waals surface area contributed by atoms with E-state index in [-0.39, 0.29) is 5.41 Å². The highest BCUT2D eigenvalue weighted by Gasteiger charge is 2.21. The minimum Gasteiger partial charge on any atom is -0.293 e. The van der Waals surface area contributed by atoms with E-state index in [2.05, 4.69) is 140 Å². The van der Waals surface area contributed by atoms with E-state index in [1.54, 1.807) is 0 Å². The molecule has 0 aliphatic rings. The molecule has 0 unspecified atom stereocenters. The Hall–Kier alpha value is -5.28. The van der Waals surface area contributed by atoms with Crippen molar-refractivity contribution in [1.82, 2.24) is 14.4 Å². The molecule has 0 bridgehead atoms. The molecule has 3 heteroatoms. The van der Waals surface area contributed by atoms with Crippen LogP contribution in [0.3, 0.4) is 0 Å². The topological polar surface area (TPSA) is 30.2 Å². The molecule has 0 amide bonds. The molecule has 0 spiro atoms. The maximum absolute atomic E-state index is 5.48. The van der Waals surface area contributed by atoms with Crippen LogP contribution < -0.4 is 0 Å². The lowest BCUT2D eigenvalue weighted by Crippen LogP contribution is -2.09. The maximum Gasteiger partial charge on any atom is 0.146 e. The first kappa shape index (κ1) is 25.2. The number of pyridine rings is 3. The van der Waals surface area contributed by atoms with Gasteiger partial charge in [0.05, 0.1) is 22.4 Å². The number of hydrogen-bond donors (Lipinski definition) is 0. The van der Waals surface area contributed by atoms with Crippen LogP contribution >= 0.6 is 0 Å². The highest BCUT2D eigenvalue weighted by molar-refractivity contribution is 6.26. The summed E-state index contributed by atoms with van der Waals surface area (Å²) >= 11 is 0. The molecule has 0 saturated carbocycles. The van der Waals surface area contributed by atoms with Gasteiger partial charge in [-0.3, -0.25) is 9.38 Å². The fourth-order valence-electron chi connectivity index (χ4n) is 7.21. The van der Waals surface area contributed by atoms with E-state index in [1.165, 1.54) is 54.3 Å². The SMILES string of the molecule is CC(C)(C)Cc1cc2cc(-c3cccc(-c4cc5ccccc5cn4)c3)nc3c2c(c1)c1cccc2c4ccccc4n3c12. The van der Waals surface area contributed by atoms with Crippen LogP contribution in [0.15, 0.2) is 121 Å². The van der Waals surface area contributed by atoms with Crippen LogP contribution in [0, 0.1) is 5.41 Å². The van der Waals surface area contributed by atoms with E-state index in [4.69, 9.17) is 9.97 Å². The van der Waals surface area contributed by atoms with Gasteiger partial charge in [-0.25, -0.2) is 4.98 Å². The number of nitrogens with zero attached hydrogens (tertiary/aromatic N) is 3. The van der Waals surface area contributed by atoms with Crippen molar-refractivity contribution in [1.29, 1.82) is 0 Å². The molecule has 9 rings (SSSR count). The molecule has 4 heterocycles. The van der Waals surface area contributed by atoms with E-state index in [0.29, 0.717) is 0 Å². The third kappa shape index (κ3) is 3.82. The molecular weight excluding hydrogens is 534 g/mol. The highest BCUT2D eigenvalue weighted by atomic mass is 15.0. The highest BCUT2D eigenvalue weighted by Crippen LogP contribution is 2.42. The first-order valence-electron chi connectivity index (χ1n) is 15.4. The second-order valence-corrected chi connectivity index (χ2v) is 13.4. The Morgan fingerprint density at radius 3 is 2.11 bits per heavy atom. The monoisotopic (exact) mass is 565 g/mol. The molecule has 9 aromatic rings. The number of benzene rings is 5. The number of aromatic nitrogens is 3. The maximum atomic E-state index is 5.48. The summed E-state index contributed by atoms with van der Waals surface area (Å²) in [4.78, 5) is 10.3. The largest absolute Gasteiger partial charge is 0.293 e. The molecule has 0 saturated heterocycles. The van der Waals surface area contributed by atoms with Gasteiger partial charge in [-0.15, -0.1) is 0 Å². The lowest BCUT2D eigenvalue weighted by atomic mass is 9.86. The van der Waals surface area contributed by atoms with Gasteiger partial charge in [0.1, 0.15) is 5.65 Å². The van der Waals surface area contributed by atoms with Crippen LogP contribution in [-0.2, 0) is 6.42 Å². The van der Waals surface area contributed by atoms with Gasteiger partial charge in [-0.2, -0.15) is 0 Å². The van der Waals surface area contributed by atoms with Crippen molar-refractivity contribution < 1.29 is 0 Å². The minimum absolute atomic E-state index is 0.176. The summed E-state index contributed by atoms with van der Waals surface area (Å²) in [6.45, 7) is 6.95. The third-order valence-corrected chi connectivity index (χ3v) is 8.99. The van der Waals surface area contributed by atoms with Crippen LogP contribution in [0.4, 0.5) is 0 Å². The van der Waals surface area contributed by atoms with Gasteiger partial charge < -0.3 is 0 Å². The third-order valence-electron chi connectivity index (χ3n) is 8.99. The average Bonchev–Trinajstić information content (AvgIpc) is 3.37. The van der Waals surface area contributed by atoms with Crippen LogP contribution in [0.25, 0.3) is 82.3 Å². The van der Waals surface area contributed by atoms with Crippen LogP contribution in [0.2, 0.25) is 0 Å². The Bertz CT molecular complexity index is 2560. The molecule has 0 aliphatic heterocycles. The van der Waals surface area contributed by atoms with Crippen LogP contribution in [0.5, 0.6) is 0 Å². The fraction of sp³-hybridized carbons (Fsp3) is 0.122. The van der Waals surface area contributed by atoms with E-state index < -0.39 is 0 Å².